The zero-order valence-corrected chi connectivity index (χ0v) is 11.5. The molecule has 0 bridgehead atoms. The summed E-state index contributed by atoms with van der Waals surface area (Å²) in [5.74, 6) is -0.140. The molecule has 0 radical (unpaired) electrons. The summed E-state index contributed by atoms with van der Waals surface area (Å²) in [5, 5.41) is 11.0. The molecule has 108 valence electrons. The Bertz CT molecular complexity index is 536. The Balaban J connectivity index is 2.25. The van der Waals surface area contributed by atoms with E-state index in [0.29, 0.717) is 12.8 Å². The second-order valence-electron chi connectivity index (χ2n) is 5.12. The summed E-state index contributed by atoms with van der Waals surface area (Å²) in [6.07, 6.45) is 2.46. The van der Waals surface area contributed by atoms with Gasteiger partial charge in [-0.2, -0.15) is 0 Å². The Labute approximate surface area is 116 Å². The maximum atomic E-state index is 11.5. The average molecular weight is 279 g/mol. The number of methoxy groups -OCH3 is 1. The van der Waals surface area contributed by atoms with Crippen LogP contribution in [0.4, 0.5) is 5.69 Å². The first-order chi connectivity index (χ1) is 9.46. The molecule has 0 aliphatic heterocycles. The van der Waals surface area contributed by atoms with Gasteiger partial charge in [0.1, 0.15) is 5.60 Å². The normalized spacial score (nSPS) is 16.1. The van der Waals surface area contributed by atoms with Gasteiger partial charge in [-0.25, -0.2) is 0 Å². The first-order valence-electron chi connectivity index (χ1n) is 6.47. The van der Waals surface area contributed by atoms with E-state index in [4.69, 9.17) is 4.74 Å². The minimum absolute atomic E-state index is 0.0771. The topological polar surface area (TPSA) is 78.7 Å². The van der Waals surface area contributed by atoms with Crippen molar-refractivity contribution in [3.8, 4) is 5.75 Å². The highest BCUT2D eigenvalue weighted by molar-refractivity contribution is 5.71. The first-order valence-corrected chi connectivity index (χ1v) is 6.47. The zero-order chi connectivity index (χ0) is 14.8. The number of aryl methyl sites for hydroxylation is 1. The Morgan fingerprint density at radius 3 is 2.65 bits per heavy atom. The van der Waals surface area contributed by atoms with Gasteiger partial charge in [0, 0.05) is 6.07 Å². The standard InChI is InChI=1S/C14H17NO5/c1-10-4-5-11(15(17)18)12(8-10)20-14(6-3-7-14)9-13(16)19-2/h4-5,8H,3,6-7,9H2,1-2H3. The van der Waals surface area contributed by atoms with Crippen molar-refractivity contribution in [2.24, 2.45) is 0 Å². The van der Waals surface area contributed by atoms with E-state index >= 15 is 0 Å². The third-order valence-corrected chi connectivity index (χ3v) is 3.60. The predicted octanol–water partition coefficient (Wildman–Crippen LogP) is 2.77. The molecule has 0 unspecified atom stereocenters. The number of ether oxygens (including phenoxy) is 2. The number of nitro benzene ring substituents is 1. The molecule has 1 aliphatic carbocycles. The Morgan fingerprint density at radius 1 is 1.45 bits per heavy atom. The van der Waals surface area contributed by atoms with E-state index in [1.54, 1.807) is 12.1 Å². The number of hydrogen-bond donors (Lipinski definition) is 0. The van der Waals surface area contributed by atoms with Gasteiger partial charge >= 0.3 is 11.7 Å². The van der Waals surface area contributed by atoms with Crippen molar-refractivity contribution in [2.45, 2.75) is 38.2 Å². The van der Waals surface area contributed by atoms with Crippen LogP contribution in [-0.4, -0.2) is 23.6 Å². The van der Waals surface area contributed by atoms with Gasteiger partial charge in [0.2, 0.25) is 0 Å². The van der Waals surface area contributed by atoms with Crippen LogP contribution in [0.5, 0.6) is 5.75 Å². The van der Waals surface area contributed by atoms with E-state index in [0.717, 1.165) is 12.0 Å². The van der Waals surface area contributed by atoms with Crippen molar-refractivity contribution < 1.29 is 19.2 Å². The summed E-state index contributed by atoms with van der Waals surface area (Å²) in [7, 11) is 1.32. The molecule has 1 aromatic rings. The fourth-order valence-electron chi connectivity index (χ4n) is 2.31. The Hall–Kier alpha value is -2.11. The lowest BCUT2D eigenvalue weighted by Crippen LogP contribution is -2.45. The molecule has 0 N–H and O–H groups in total. The molecular formula is C14H17NO5. The van der Waals surface area contributed by atoms with E-state index in [1.165, 1.54) is 13.2 Å². The van der Waals surface area contributed by atoms with Gasteiger partial charge in [-0.15, -0.1) is 0 Å². The van der Waals surface area contributed by atoms with Gasteiger partial charge in [-0.3, -0.25) is 14.9 Å². The lowest BCUT2D eigenvalue weighted by atomic mass is 9.77. The van der Waals surface area contributed by atoms with Crippen molar-refractivity contribution in [3.05, 3.63) is 33.9 Å². The number of esters is 1. The lowest BCUT2D eigenvalue weighted by molar-refractivity contribution is -0.386. The Morgan fingerprint density at radius 2 is 2.15 bits per heavy atom. The SMILES string of the molecule is COC(=O)CC1(Oc2cc(C)ccc2[N+](=O)[O-])CCC1. The summed E-state index contributed by atoms with van der Waals surface area (Å²) >= 11 is 0. The molecule has 0 amide bonds. The van der Waals surface area contributed by atoms with Crippen LogP contribution >= 0.6 is 0 Å². The zero-order valence-electron chi connectivity index (χ0n) is 11.5. The smallest absolute Gasteiger partial charge is 0.310 e. The number of nitrogens with zero attached hydrogens (tertiary/aromatic N) is 1. The van der Waals surface area contributed by atoms with E-state index in [9.17, 15) is 14.9 Å². The maximum absolute atomic E-state index is 11.5. The summed E-state index contributed by atoms with van der Waals surface area (Å²) in [6.45, 7) is 1.84. The minimum atomic E-state index is -0.661. The van der Waals surface area contributed by atoms with Gasteiger partial charge in [0.15, 0.2) is 5.75 Å². The second-order valence-corrected chi connectivity index (χ2v) is 5.12. The van der Waals surface area contributed by atoms with Crippen LogP contribution in [0.3, 0.4) is 0 Å². The first kappa shape index (κ1) is 14.3. The second kappa shape index (κ2) is 5.48. The van der Waals surface area contributed by atoms with Crippen molar-refractivity contribution >= 4 is 11.7 Å². The van der Waals surface area contributed by atoms with Gasteiger partial charge in [0.05, 0.1) is 18.5 Å². The highest BCUT2D eigenvalue weighted by Crippen LogP contribution is 2.42. The fraction of sp³-hybridized carbons (Fsp3) is 0.500. The quantitative estimate of drug-likeness (QED) is 0.470. The van der Waals surface area contributed by atoms with Gasteiger partial charge in [-0.05, 0) is 37.8 Å². The predicted molar refractivity (Wildman–Crippen MR) is 71.7 cm³/mol. The van der Waals surface area contributed by atoms with E-state index in [2.05, 4.69) is 4.74 Å². The highest BCUT2D eigenvalue weighted by atomic mass is 16.6. The third kappa shape index (κ3) is 2.89. The largest absolute Gasteiger partial charge is 0.480 e. The fourth-order valence-corrected chi connectivity index (χ4v) is 2.31. The van der Waals surface area contributed by atoms with Crippen LogP contribution in [-0.2, 0) is 9.53 Å². The third-order valence-electron chi connectivity index (χ3n) is 3.60. The number of nitro groups is 1. The minimum Gasteiger partial charge on any atom is -0.480 e. The number of benzene rings is 1. The summed E-state index contributed by atoms with van der Waals surface area (Å²) in [6, 6.07) is 4.73. The van der Waals surface area contributed by atoms with E-state index in [-0.39, 0.29) is 23.8 Å². The number of hydrogen-bond acceptors (Lipinski definition) is 5. The van der Waals surface area contributed by atoms with Crippen molar-refractivity contribution in [1.82, 2.24) is 0 Å². The molecule has 6 nitrogen and oxygen atoms in total. The molecule has 1 saturated carbocycles. The molecule has 1 aliphatic rings. The molecule has 20 heavy (non-hydrogen) atoms. The molecular weight excluding hydrogens is 262 g/mol. The molecule has 1 fully saturated rings. The van der Waals surface area contributed by atoms with Crippen LogP contribution in [0, 0.1) is 17.0 Å². The maximum Gasteiger partial charge on any atom is 0.310 e. The summed E-state index contributed by atoms with van der Waals surface area (Å²) in [4.78, 5) is 22.0. The van der Waals surface area contributed by atoms with Gasteiger partial charge < -0.3 is 9.47 Å². The average Bonchev–Trinajstić information content (AvgIpc) is 2.35. The van der Waals surface area contributed by atoms with Crippen LogP contribution in [0.25, 0.3) is 0 Å². The summed E-state index contributed by atoms with van der Waals surface area (Å²) < 4.78 is 10.5. The highest BCUT2D eigenvalue weighted by Gasteiger charge is 2.43. The van der Waals surface area contributed by atoms with Crippen LogP contribution in [0.15, 0.2) is 18.2 Å². The van der Waals surface area contributed by atoms with Crippen molar-refractivity contribution in [2.75, 3.05) is 7.11 Å². The molecule has 6 heteroatoms. The van der Waals surface area contributed by atoms with E-state index in [1.807, 2.05) is 6.92 Å². The van der Waals surface area contributed by atoms with Crippen LogP contribution in [0.1, 0.15) is 31.2 Å². The molecule has 0 saturated heterocycles. The number of carbonyl (C=O) groups is 1. The number of rotatable bonds is 5. The Kier molecular flexibility index (Phi) is 3.92. The van der Waals surface area contributed by atoms with Crippen LogP contribution in [0.2, 0.25) is 0 Å². The monoisotopic (exact) mass is 279 g/mol. The molecule has 2 rings (SSSR count). The van der Waals surface area contributed by atoms with Crippen LogP contribution < -0.4 is 4.74 Å². The molecule has 0 aromatic heterocycles. The van der Waals surface area contributed by atoms with E-state index < -0.39 is 10.5 Å². The molecule has 0 heterocycles. The van der Waals surface area contributed by atoms with Crippen molar-refractivity contribution in [3.63, 3.8) is 0 Å². The molecule has 1 aromatic carbocycles. The van der Waals surface area contributed by atoms with Crippen molar-refractivity contribution in [1.29, 1.82) is 0 Å². The summed E-state index contributed by atoms with van der Waals surface area (Å²) in [5.41, 5.74) is 0.135. The number of carbonyl (C=O) groups excluding carboxylic acids is 1. The molecule has 0 spiro atoms. The lowest BCUT2D eigenvalue weighted by Gasteiger charge is -2.40. The molecule has 0 atom stereocenters. The van der Waals surface area contributed by atoms with Gasteiger partial charge in [0.25, 0.3) is 0 Å². The van der Waals surface area contributed by atoms with Gasteiger partial charge in [-0.1, -0.05) is 6.07 Å².